The summed E-state index contributed by atoms with van der Waals surface area (Å²) in [4.78, 5) is 15.5. The third-order valence-electron chi connectivity index (χ3n) is 2.37. The summed E-state index contributed by atoms with van der Waals surface area (Å²) in [5.74, 6) is 0.605. The van der Waals surface area contributed by atoms with Crippen molar-refractivity contribution in [1.82, 2.24) is 14.8 Å². The summed E-state index contributed by atoms with van der Waals surface area (Å²) in [5, 5.41) is 6.24. The third kappa shape index (κ3) is 1.81. The number of nitrogens with one attached hydrogen (secondary N) is 1. The monoisotopic (exact) mass is 243 g/mol. The molecule has 0 saturated heterocycles. The van der Waals surface area contributed by atoms with E-state index in [0.717, 1.165) is 10.6 Å². The molecule has 4 nitrogen and oxygen atoms in total. The third-order valence-corrected chi connectivity index (χ3v) is 3.25. The van der Waals surface area contributed by atoms with Gasteiger partial charge < -0.3 is 0 Å². The lowest BCUT2D eigenvalue weighted by molar-refractivity contribution is 0.845. The number of benzene rings is 1. The highest BCUT2D eigenvalue weighted by molar-refractivity contribution is 7.13. The van der Waals surface area contributed by atoms with Gasteiger partial charge in [0.15, 0.2) is 5.82 Å². The molecule has 0 amide bonds. The van der Waals surface area contributed by atoms with E-state index in [1.54, 1.807) is 11.3 Å². The van der Waals surface area contributed by atoms with Gasteiger partial charge in [0, 0.05) is 0 Å². The van der Waals surface area contributed by atoms with Gasteiger partial charge in [0.05, 0.1) is 10.6 Å². The molecule has 0 aliphatic heterocycles. The summed E-state index contributed by atoms with van der Waals surface area (Å²) < 4.78 is 1.37. The van der Waals surface area contributed by atoms with Crippen LogP contribution in [0.4, 0.5) is 0 Å². The molecule has 0 bridgehead atoms. The smallest absolute Gasteiger partial charge is 0.288 e. The summed E-state index contributed by atoms with van der Waals surface area (Å²) in [6.45, 7) is 0. The van der Waals surface area contributed by atoms with Crippen LogP contribution < -0.4 is 5.69 Å². The molecule has 84 valence electrons. The fourth-order valence-corrected chi connectivity index (χ4v) is 2.26. The van der Waals surface area contributed by atoms with Crippen molar-refractivity contribution < 1.29 is 0 Å². The van der Waals surface area contributed by atoms with Crippen LogP contribution in [-0.2, 0) is 0 Å². The van der Waals surface area contributed by atoms with E-state index < -0.39 is 0 Å². The molecule has 0 aliphatic carbocycles. The first-order chi connectivity index (χ1) is 8.34. The van der Waals surface area contributed by atoms with Gasteiger partial charge in [0.25, 0.3) is 0 Å². The largest absolute Gasteiger partial charge is 0.348 e. The molecule has 0 atom stereocenters. The van der Waals surface area contributed by atoms with Gasteiger partial charge in [-0.3, -0.25) is 4.98 Å². The Bertz CT molecular complexity index is 667. The second-order valence-corrected chi connectivity index (χ2v) is 4.45. The minimum atomic E-state index is -0.223. The van der Waals surface area contributed by atoms with Crippen LogP contribution in [0.3, 0.4) is 0 Å². The Morgan fingerprint density at radius 3 is 2.65 bits per heavy atom. The topological polar surface area (TPSA) is 50.7 Å². The average Bonchev–Trinajstić information content (AvgIpc) is 2.99. The predicted molar refractivity (Wildman–Crippen MR) is 67.5 cm³/mol. The number of rotatable bonds is 2. The van der Waals surface area contributed by atoms with Crippen molar-refractivity contribution in [3.63, 3.8) is 0 Å². The van der Waals surface area contributed by atoms with Gasteiger partial charge in [0.2, 0.25) is 0 Å². The maximum atomic E-state index is 11.8. The molecular weight excluding hydrogens is 234 g/mol. The maximum absolute atomic E-state index is 11.8. The zero-order valence-corrected chi connectivity index (χ0v) is 9.65. The molecule has 17 heavy (non-hydrogen) atoms. The molecule has 3 aromatic rings. The number of thiophene rings is 1. The van der Waals surface area contributed by atoms with E-state index in [4.69, 9.17) is 0 Å². The van der Waals surface area contributed by atoms with Crippen LogP contribution in [0.25, 0.3) is 16.4 Å². The Morgan fingerprint density at radius 1 is 1.12 bits per heavy atom. The first kappa shape index (κ1) is 10.0. The molecule has 0 fully saturated rings. The number of hydrogen-bond donors (Lipinski definition) is 1. The summed E-state index contributed by atoms with van der Waals surface area (Å²) >= 11 is 1.55. The highest BCUT2D eigenvalue weighted by atomic mass is 32.1. The van der Waals surface area contributed by atoms with Crippen LogP contribution in [0.5, 0.6) is 0 Å². The molecule has 0 spiro atoms. The van der Waals surface area contributed by atoms with Gasteiger partial charge in [-0.2, -0.15) is 4.68 Å². The van der Waals surface area contributed by atoms with Gasteiger partial charge in [0.1, 0.15) is 0 Å². The first-order valence-corrected chi connectivity index (χ1v) is 6.01. The van der Waals surface area contributed by atoms with E-state index in [9.17, 15) is 4.79 Å². The van der Waals surface area contributed by atoms with Gasteiger partial charge in [-0.1, -0.05) is 24.3 Å². The maximum Gasteiger partial charge on any atom is 0.348 e. The Labute approximate surface area is 101 Å². The minimum absolute atomic E-state index is 0.223. The zero-order chi connectivity index (χ0) is 11.7. The number of aromatic amines is 1. The van der Waals surface area contributed by atoms with E-state index in [-0.39, 0.29) is 5.69 Å². The summed E-state index contributed by atoms with van der Waals surface area (Å²) in [5.41, 5.74) is 0.538. The number of nitrogens with zero attached hydrogens (tertiary/aromatic N) is 2. The molecule has 1 aromatic carbocycles. The summed E-state index contributed by atoms with van der Waals surface area (Å²) in [7, 11) is 0. The molecule has 3 rings (SSSR count). The quantitative estimate of drug-likeness (QED) is 0.750. The van der Waals surface area contributed by atoms with E-state index in [1.807, 2.05) is 47.8 Å². The van der Waals surface area contributed by atoms with Crippen molar-refractivity contribution in [2.75, 3.05) is 0 Å². The minimum Gasteiger partial charge on any atom is -0.288 e. The van der Waals surface area contributed by atoms with Crippen LogP contribution in [0.1, 0.15) is 0 Å². The standard InChI is InChI=1S/C12H9N3OS/c16-12-13-11(10-7-4-8-17-10)14-15(12)9-5-2-1-3-6-9/h1-8H,(H,13,14,16). The van der Waals surface area contributed by atoms with Gasteiger partial charge in [-0.05, 0) is 23.6 Å². The Hall–Kier alpha value is -2.14. The van der Waals surface area contributed by atoms with Crippen molar-refractivity contribution in [3.8, 4) is 16.4 Å². The van der Waals surface area contributed by atoms with Crippen LogP contribution >= 0.6 is 11.3 Å². The normalized spacial score (nSPS) is 10.6. The molecule has 2 heterocycles. The van der Waals surface area contributed by atoms with Crippen LogP contribution in [-0.4, -0.2) is 14.8 Å². The number of para-hydroxylation sites is 1. The molecular formula is C12H9N3OS. The van der Waals surface area contributed by atoms with Crippen LogP contribution in [0.2, 0.25) is 0 Å². The second kappa shape index (κ2) is 4.03. The van der Waals surface area contributed by atoms with Crippen molar-refractivity contribution in [1.29, 1.82) is 0 Å². The van der Waals surface area contributed by atoms with Crippen molar-refractivity contribution >= 4 is 11.3 Å². The van der Waals surface area contributed by atoms with E-state index >= 15 is 0 Å². The van der Waals surface area contributed by atoms with E-state index in [2.05, 4.69) is 10.1 Å². The van der Waals surface area contributed by atoms with Gasteiger partial charge in [-0.15, -0.1) is 16.4 Å². The first-order valence-electron chi connectivity index (χ1n) is 5.13. The van der Waals surface area contributed by atoms with Crippen molar-refractivity contribution in [3.05, 3.63) is 58.3 Å². The Balaban J connectivity index is 2.12. The van der Waals surface area contributed by atoms with E-state index in [1.165, 1.54) is 4.68 Å². The molecule has 2 aromatic heterocycles. The van der Waals surface area contributed by atoms with Crippen LogP contribution in [0.15, 0.2) is 52.6 Å². The molecule has 0 saturated carbocycles. The molecule has 5 heteroatoms. The number of aromatic nitrogens is 3. The Morgan fingerprint density at radius 2 is 1.94 bits per heavy atom. The van der Waals surface area contributed by atoms with Gasteiger partial charge >= 0.3 is 5.69 Å². The molecule has 0 unspecified atom stereocenters. The Kier molecular flexibility index (Phi) is 2.38. The lowest BCUT2D eigenvalue weighted by Gasteiger charge is -1.96. The summed E-state index contributed by atoms with van der Waals surface area (Å²) in [6, 6.07) is 13.2. The highest BCUT2D eigenvalue weighted by Crippen LogP contribution is 2.19. The van der Waals surface area contributed by atoms with E-state index in [0.29, 0.717) is 5.82 Å². The van der Waals surface area contributed by atoms with Crippen molar-refractivity contribution in [2.24, 2.45) is 0 Å². The molecule has 1 N–H and O–H groups in total. The van der Waals surface area contributed by atoms with Gasteiger partial charge in [-0.25, -0.2) is 4.79 Å². The fourth-order valence-electron chi connectivity index (χ4n) is 1.59. The second-order valence-electron chi connectivity index (χ2n) is 3.50. The lowest BCUT2D eigenvalue weighted by atomic mass is 10.3. The fraction of sp³-hybridized carbons (Fsp3) is 0. The number of H-pyrrole nitrogens is 1. The lowest BCUT2D eigenvalue weighted by Crippen LogP contribution is -2.15. The summed E-state index contributed by atoms with van der Waals surface area (Å²) in [6.07, 6.45) is 0. The highest BCUT2D eigenvalue weighted by Gasteiger charge is 2.08. The molecule has 0 aliphatic rings. The predicted octanol–water partition coefficient (Wildman–Crippen LogP) is 2.29. The van der Waals surface area contributed by atoms with Crippen LogP contribution in [0, 0.1) is 0 Å². The SMILES string of the molecule is O=c1[nH]c(-c2cccs2)nn1-c1ccccc1. The molecule has 0 radical (unpaired) electrons. The van der Waals surface area contributed by atoms with Crippen molar-refractivity contribution in [2.45, 2.75) is 0 Å². The number of hydrogen-bond acceptors (Lipinski definition) is 3. The zero-order valence-electron chi connectivity index (χ0n) is 8.83. The average molecular weight is 243 g/mol.